The van der Waals surface area contributed by atoms with Crippen LogP contribution >= 0.6 is 11.6 Å². The third-order valence-electron chi connectivity index (χ3n) is 4.89. The number of hydrogen-bond donors (Lipinski definition) is 1. The molecule has 156 valence electrons. The largest absolute Gasteiger partial charge is 0.367 e. The topological polar surface area (TPSA) is 65.0 Å². The lowest BCUT2D eigenvalue weighted by atomic mass is 10.1. The summed E-state index contributed by atoms with van der Waals surface area (Å²) in [4.78, 5) is 8.96. The lowest BCUT2D eigenvalue weighted by molar-refractivity contribution is 0.372. The van der Waals surface area contributed by atoms with Gasteiger partial charge in [-0.05, 0) is 23.3 Å². The summed E-state index contributed by atoms with van der Waals surface area (Å²) in [5.74, 6) is 0.932. The van der Waals surface area contributed by atoms with Crippen LogP contribution in [-0.4, -0.2) is 58.8 Å². The zero-order valence-corrected chi connectivity index (χ0v) is 18.4. The summed E-state index contributed by atoms with van der Waals surface area (Å²) < 4.78 is 22.8. The second kappa shape index (κ2) is 9.50. The van der Waals surface area contributed by atoms with Crippen LogP contribution in [0.1, 0.15) is 11.1 Å². The van der Waals surface area contributed by atoms with Crippen molar-refractivity contribution in [2.75, 3.05) is 44.4 Å². The monoisotopic (exact) mass is 434 g/mol. The summed E-state index contributed by atoms with van der Waals surface area (Å²) in [6.45, 7) is 4.11. The molecule has 3 rings (SSSR count). The molecule has 0 atom stereocenters. The number of aliphatic imine (C=N–C) groups is 1. The molecule has 1 heterocycles. The average Bonchev–Trinajstić information content (AvgIpc) is 2.69. The standard InChI is InChI=1S/C21H27ClN4O2S/c1-23-21(24-15-17-7-9-18(10-8-17)16-29(2,27)28)26-13-11-25(12-14-26)20-6-4-3-5-19(20)22/h3-10H,11-16H2,1-2H3,(H,23,24). The molecule has 0 aliphatic carbocycles. The summed E-state index contributed by atoms with van der Waals surface area (Å²) in [5.41, 5.74) is 2.96. The summed E-state index contributed by atoms with van der Waals surface area (Å²) >= 11 is 6.32. The molecule has 1 fully saturated rings. The molecule has 1 saturated heterocycles. The van der Waals surface area contributed by atoms with Gasteiger partial charge in [0, 0.05) is 46.0 Å². The molecule has 1 N–H and O–H groups in total. The summed E-state index contributed by atoms with van der Waals surface area (Å²) in [7, 11) is -1.23. The van der Waals surface area contributed by atoms with E-state index in [1.807, 2.05) is 42.5 Å². The highest BCUT2D eigenvalue weighted by atomic mass is 35.5. The molecule has 0 saturated carbocycles. The minimum atomic E-state index is -3.02. The number of sulfone groups is 1. The van der Waals surface area contributed by atoms with Crippen LogP contribution in [0.15, 0.2) is 53.5 Å². The number of hydrogen-bond acceptors (Lipinski definition) is 4. The van der Waals surface area contributed by atoms with Crippen LogP contribution in [0, 0.1) is 0 Å². The smallest absolute Gasteiger partial charge is 0.194 e. The fraction of sp³-hybridized carbons (Fsp3) is 0.381. The predicted octanol–water partition coefficient (Wildman–Crippen LogP) is 2.78. The molecule has 2 aromatic rings. The molecule has 2 aromatic carbocycles. The quantitative estimate of drug-likeness (QED) is 0.579. The van der Waals surface area contributed by atoms with Gasteiger partial charge in [-0.1, -0.05) is 48.0 Å². The molecule has 0 amide bonds. The number of nitrogens with one attached hydrogen (secondary N) is 1. The molecule has 0 bridgehead atoms. The minimum Gasteiger partial charge on any atom is -0.367 e. The normalized spacial score (nSPS) is 15.5. The van der Waals surface area contributed by atoms with Crippen molar-refractivity contribution in [3.8, 4) is 0 Å². The van der Waals surface area contributed by atoms with E-state index in [4.69, 9.17) is 11.6 Å². The summed E-state index contributed by atoms with van der Waals surface area (Å²) in [6, 6.07) is 15.6. The number of rotatable bonds is 5. The first kappa shape index (κ1) is 21.5. The van der Waals surface area contributed by atoms with E-state index in [0.29, 0.717) is 6.54 Å². The highest BCUT2D eigenvalue weighted by Crippen LogP contribution is 2.26. The van der Waals surface area contributed by atoms with E-state index >= 15 is 0 Å². The van der Waals surface area contributed by atoms with E-state index < -0.39 is 9.84 Å². The Balaban J connectivity index is 1.53. The van der Waals surface area contributed by atoms with E-state index in [9.17, 15) is 8.42 Å². The van der Waals surface area contributed by atoms with Gasteiger partial charge in [0.15, 0.2) is 15.8 Å². The molecule has 6 nitrogen and oxygen atoms in total. The van der Waals surface area contributed by atoms with Gasteiger partial charge in [0.25, 0.3) is 0 Å². The van der Waals surface area contributed by atoms with Crippen molar-refractivity contribution in [3.05, 3.63) is 64.7 Å². The number of benzene rings is 2. The Morgan fingerprint density at radius 2 is 1.66 bits per heavy atom. The lowest BCUT2D eigenvalue weighted by Gasteiger charge is -2.38. The predicted molar refractivity (Wildman–Crippen MR) is 120 cm³/mol. The van der Waals surface area contributed by atoms with Gasteiger partial charge in [0.05, 0.1) is 16.5 Å². The summed E-state index contributed by atoms with van der Waals surface area (Å²) in [6.07, 6.45) is 1.25. The Labute approximate surface area is 178 Å². The number of para-hydroxylation sites is 1. The lowest BCUT2D eigenvalue weighted by Crippen LogP contribution is -2.52. The fourth-order valence-electron chi connectivity index (χ4n) is 3.44. The average molecular weight is 435 g/mol. The molecular formula is C21H27ClN4O2S. The first-order valence-corrected chi connectivity index (χ1v) is 12.0. The van der Waals surface area contributed by atoms with E-state index in [2.05, 4.69) is 26.2 Å². The zero-order valence-electron chi connectivity index (χ0n) is 16.8. The van der Waals surface area contributed by atoms with Crippen LogP contribution in [0.2, 0.25) is 5.02 Å². The Morgan fingerprint density at radius 3 is 2.24 bits per heavy atom. The summed E-state index contributed by atoms with van der Waals surface area (Å²) in [5, 5.41) is 4.18. The zero-order chi connectivity index (χ0) is 20.9. The molecule has 1 aliphatic heterocycles. The van der Waals surface area contributed by atoms with Gasteiger partial charge >= 0.3 is 0 Å². The number of anilines is 1. The number of halogens is 1. The second-order valence-electron chi connectivity index (χ2n) is 7.21. The van der Waals surface area contributed by atoms with Crippen LogP contribution in [0.3, 0.4) is 0 Å². The molecule has 0 radical (unpaired) electrons. The van der Waals surface area contributed by atoms with Crippen LogP contribution in [0.5, 0.6) is 0 Å². The number of nitrogens with zero attached hydrogens (tertiary/aromatic N) is 3. The van der Waals surface area contributed by atoms with Crippen molar-refractivity contribution in [1.82, 2.24) is 10.2 Å². The Hall–Kier alpha value is -2.25. The van der Waals surface area contributed by atoms with Crippen molar-refractivity contribution in [3.63, 3.8) is 0 Å². The molecule has 0 aromatic heterocycles. The van der Waals surface area contributed by atoms with Gasteiger partial charge in [0.2, 0.25) is 0 Å². The maximum atomic E-state index is 11.4. The highest BCUT2D eigenvalue weighted by Gasteiger charge is 2.20. The van der Waals surface area contributed by atoms with Gasteiger partial charge in [-0.15, -0.1) is 0 Å². The fourth-order valence-corrected chi connectivity index (χ4v) is 4.49. The van der Waals surface area contributed by atoms with Crippen LogP contribution in [0.4, 0.5) is 5.69 Å². The third-order valence-corrected chi connectivity index (χ3v) is 6.06. The Kier molecular flexibility index (Phi) is 7.03. The third kappa shape index (κ3) is 6.11. The maximum absolute atomic E-state index is 11.4. The van der Waals surface area contributed by atoms with E-state index in [1.165, 1.54) is 6.26 Å². The number of piperazine rings is 1. The SMILES string of the molecule is CN=C(NCc1ccc(CS(C)(=O)=O)cc1)N1CCN(c2ccccc2Cl)CC1. The van der Waals surface area contributed by atoms with Crippen LogP contribution in [-0.2, 0) is 22.1 Å². The van der Waals surface area contributed by atoms with Crippen molar-refractivity contribution in [2.24, 2.45) is 4.99 Å². The first-order valence-electron chi connectivity index (χ1n) is 9.56. The molecule has 0 unspecified atom stereocenters. The van der Waals surface area contributed by atoms with E-state index in [-0.39, 0.29) is 5.75 Å². The minimum absolute atomic E-state index is 0.0675. The van der Waals surface area contributed by atoms with Gasteiger partial charge in [-0.25, -0.2) is 8.42 Å². The molecule has 8 heteroatoms. The Morgan fingerprint density at radius 1 is 1.03 bits per heavy atom. The van der Waals surface area contributed by atoms with Gasteiger partial charge in [-0.2, -0.15) is 0 Å². The molecular weight excluding hydrogens is 408 g/mol. The maximum Gasteiger partial charge on any atom is 0.194 e. The van der Waals surface area contributed by atoms with Crippen LogP contribution < -0.4 is 10.2 Å². The first-order chi connectivity index (χ1) is 13.9. The molecule has 1 aliphatic rings. The van der Waals surface area contributed by atoms with Gasteiger partial charge in [0.1, 0.15) is 0 Å². The second-order valence-corrected chi connectivity index (χ2v) is 9.76. The van der Waals surface area contributed by atoms with E-state index in [0.717, 1.165) is 54.0 Å². The molecule has 29 heavy (non-hydrogen) atoms. The van der Waals surface area contributed by atoms with Gasteiger partial charge in [-0.3, -0.25) is 4.99 Å². The van der Waals surface area contributed by atoms with Crippen LogP contribution in [0.25, 0.3) is 0 Å². The molecule has 0 spiro atoms. The van der Waals surface area contributed by atoms with Gasteiger partial charge < -0.3 is 15.1 Å². The van der Waals surface area contributed by atoms with Crippen molar-refractivity contribution >= 4 is 33.1 Å². The van der Waals surface area contributed by atoms with E-state index in [1.54, 1.807) is 7.05 Å². The Bertz CT molecular complexity index is 953. The van der Waals surface area contributed by atoms with Crippen molar-refractivity contribution < 1.29 is 8.42 Å². The van der Waals surface area contributed by atoms with Crippen molar-refractivity contribution in [2.45, 2.75) is 12.3 Å². The van der Waals surface area contributed by atoms with Crippen molar-refractivity contribution in [1.29, 1.82) is 0 Å². The highest BCUT2D eigenvalue weighted by molar-refractivity contribution is 7.89. The number of guanidine groups is 1.